The number of benzene rings is 9. The minimum Gasteiger partial charge on any atom is -0.478 e. The van der Waals surface area contributed by atoms with Gasteiger partial charge in [-0.05, 0) is 131 Å². The molecule has 1 atom stereocenters. The van der Waals surface area contributed by atoms with Crippen molar-refractivity contribution < 1.29 is 9.90 Å². The van der Waals surface area contributed by atoms with E-state index in [9.17, 15) is 9.90 Å². The molecule has 7 heteroatoms. The molecular formula is C73H82N4O2S. The van der Waals surface area contributed by atoms with E-state index in [-0.39, 0.29) is 5.56 Å². The lowest BCUT2D eigenvalue weighted by Gasteiger charge is -2.28. The van der Waals surface area contributed by atoms with E-state index in [1.54, 1.807) is 12.1 Å². The number of anilines is 3. The van der Waals surface area contributed by atoms with Crippen LogP contribution in [-0.2, 0) is 19.4 Å². The van der Waals surface area contributed by atoms with Gasteiger partial charge in [0.25, 0.3) is 0 Å². The average molecular weight is 1080 g/mol. The van der Waals surface area contributed by atoms with Gasteiger partial charge in [0.1, 0.15) is 11.0 Å². The van der Waals surface area contributed by atoms with Crippen molar-refractivity contribution in [2.24, 2.45) is 5.92 Å². The van der Waals surface area contributed by atoms with Crippen molar-refractivity contribution in [3.63, 3.8) is 0 Å². The molecule has 1 unspecified atom stereocenters. The van der Waals surface area contributed by atoms with Crippen molar-refractivity contribution in [1.82, 2.24) is 13.3 Å². The fourth-order valence-corrected chi connectivity index (χ4v) is 13.9. The highest BCUT2D eigenvalue weighted by molar-refractivity contribution is 7.00. The summed E-state index contributed by atoms with van der Waals surface area (Å²) in [5, 5.41) is 20.2. The molecule has 0 saturated carbocycles. The smallest absolute Gasteiger partial charge is 0.335 e. The normalized spacial score (nSPS) is 12.4. The molecule has 2 heterocycles. The van der Waals surface area contributed by atoms with Gasteiger partial charge in [0.2, 0.25) is 0 Å². The Kier molecular flexibility index (Phi) is 17.7. The number of carboxylic acid groups (broad SMARTS) is 1. The summed E-state index contributed by atoms with van der Waals surface area (Å²) in [7, 11) is 0. The SMILES string of the molecule is CCCCCCCCC(CCCCCC)Cn1c2cc(-c3ccc(-c4ccc(C(=O)O)cc4)c4nsnc34)c3cccc4c5cccc6c(N(c7ccc(CCCCCC)cc7)c7ccc(CCCCCC)cc7)cc1c(c65)c2c34. The third-order valence-corrected chi connectivity index (χ3v) is 18.2. The summed E-state index contributed by atoms with van der Waals surface area (Å²) in [6, 6.07) is 49.8. The van der Waals surface area contributed by atoms with Crippen molar-refractivity contribution in [2.75, 3.05) is 4.90 Å². The Labute approximate surface area is 479 Å². The van der Waals surface area contributed by atoms with Gasteiger partial charge >= 0.3 is 5.97 Å². The maximum Gasteiger partial charge on any atom is 0.335 e. The lowest BCUT2D eigenvalue weighted by atomic mass is 9.86. The van der Waals surface area contributed by atoms with E-state index in [1.165, 1.54) is 228 Å². The second-order valence-electron chi connectivity index (χ2n) is 23.2. The van der Waals surface area contributed by atoms with Crippen molar-refractivity contribution >= 4 is 99.9 Å². The number of fused-ring (bicyclic) bond motifs is 2. The van der Waals surface area contributed by atoms with Crippen molar-refractivity contribution in [3.05, 3.63) is 150 Å². The molecule has 11 aromatic rings. The van der Waals surface area contributed by atoms with Crippen molar-refractivity contribution in [2.45, 2.75) is 175 Å². The van der Waals surface area contributed by atoms with Crippen LogP contribution in [0, 0.1) is 5.92 Å². The van der Waals surface area contributed by atoms with E-state index in [1.807, 2.05) is 12.1 Å². The highest BCUT2D eigenvalue weighted by Crippen LogP contribution is 2.53. The van der Waals surface area contributed by atoms with Gasteiger partial charge in [0.15, 0.2) is 0 Å². The van der Waals surface area contributed by atoms with Gasteiger partial charge in [-0.15, -0.1) is 0 Å². The van der Waals surface area contributed by atoms with Gasteiger partial charge < -0.3 is 14.6 Å². The summed E-state index contributed by atoms with van der Waals surface area (Å²) in [6.07, 6.45) is 27.7. The Morgan fingerprint density at radius 3 is 1.54 bits per heavy atom. The number of aromatic nitrogens is 3. The van der Waals surface area contributed by atoms with Gasteiger partial charge in [0.05, 0.1) is 34.0 Å². The zero-order valence-electron chi connectivity index (χ0n) is 48.1. The van der Waals surface area contributed by atoms with E-state index in [2.05, 4.69) is 146 Å². The van der Waals surface area contributed by atoms with E-state index in [4.69, 9.17) is 8.75 Å². The lowest BCUT2D eigenvalue weighted by molar-refractivity contribution is 0.0697. The monoisotopic (exact) mass is 1080 g/mol. The summed E-state index contributed by atoms with van der Waals surface area (Å²) in [6.45, 7) is 10.2. The molecule has 0 saturated heterocycles. The number of nitrogens with zero attached hydrogens (tertiary/aromatic N) is 4. The van der Waals surface area contributed by atoms with Crippen LogP contribution in [-0.4, -0.2) is 24.4 Å². The fraction of sp³-hybridized carbons (Fsp3) is 0.384. The van der Waals surface area contributed by atoms with Gasteiger partial charge in [-0.3, -0.25) is 0 Å². The lowest BCUT2D eigenvalue weighted by Crippen LogP contribution is -2.13. The molecule has 0 aliphatic rings. The molecule has 0 bridgehead atoms. The number of aryl methyl sites for hydroxylation is 2. The molecule has 11 rings (SSSR count). The summed E-state index contributed by atoms with van der Waals surface area (Å²) in [4.78, 5) is 14.4. The first-order chi connectivity index (χ1) is 39.4. The van der Waals surface area contributed by atoms with E-state index in [0.29, 0.717) is 5.92 Å². The van der Waals surface area contributed by atoms with Gasteiger partial charge in [0, 0.05) is 56.0 Å². The predicted molar refractivity (Wildman–Crippen MR) is 344 cm³/mol. The minimum atomic E-state index is -0.932. The predicted octanol–water partition coefficient (Wildman–Crippen LogP) is 22.2. The molecule has 6 nitrogen and oxygen atoms in total. The third-order valence-electron chi connectivity index (χ3n) is 17.7. The van der Waals surface area contributed by atoms with Crippen LogP contribution in [0.5, 0.6) is 0 Å². The minimum absolute atomic E-state index is 0.267. The zero-order valence-corrected chi connectivity index (χ0v) is 48.9. The molecule has 0 aliphatic heterocycles. The standard InChI is InChI=1S/C73H82N4O2S/c1-5-9-13-17-18-22-28-52(27-21-16-12-8-4)49-76-65-47-63(61-46-45-57(71-72(61)75-80-74-71)53-37-39-54(40-38-53)73(78)79)60-31-23-29-58-59-30-24-32-62-64(48-66(76)70(68(59)62)69(65)67(58)60)77(55-41-33-50(34-42-55)25-19-14-10-6-2)56-43-35-51(36-44-56)26-20-15-11-7-3/h23-24,29-48,52H,5-22,25-28,49H2,1-4H3,(H,78,79). The largest absolute Gasteiger partial charge is 0.478 e. The number of unbranched alkanes of at least 4 members (excludes halogenated alkanes) is 14. The highest BCUT2D eigenvalue weighted by Gasteiger charge is 2.29. The maximum atomic E-state index is 11.8. The first-order valence-corrected chi connectivity index (χ1v) is 31.7. The molecule has 0 spiro atoms. The quantitative estimate of drug-likeness (QED) is 0.0276. The number of aromatic carboxylic acids is 1. The molecule has 1 N–H and O–H groups in total. The van der Waals surface area contributed by atoms with Crippen LogP contribution in [0.2, 0.25) is 0 Å². The molecule has 0 radical (unpaired) electrons. The summed E-state index contributed by atoms with van der Waals surface area (Å²) in [5.74, 6) is -0.397. The van der Waals surface area contributed by atoms with E-state index >= 15 is 0 Å². The van der Waals surface area contributed by atoms with Gasteiger partial charge in [-0.25, -0.2) is 4.79 Å². The fourth-order valence-electron chi connectivity index (χ4n) is 13.3. The van der Waals surface area contributed by atoms with Crippen LogP contribution < -0.4 is 4.90 Å². The van der Waals surface area contributed by atoms with Gasteiger partial charge in [-0.1, -0.05) is 215 Å². The Hall–Kier alpha value is -6.83. The highest BCUT2D eigenvalue weighted by atomic mass is 32.1. The third kappa shape index (κ3) is 11.3. The number of hydrogen-bond acceptors (Lipinski definition) is 5. The maximum absolute atomic E-state index is 11.8. The molecule has 80 heavy (non-hydrogen) atoms. The number of rotatable bonds is 30. The summed E-state index contributed by atoms with van der Waals surface area (Å²) < 4.78 is 12.8. The topological polar surface area (TPSA) is 71.2 Å². The summed E-state index contributed by atoms with van der Waals surface area (Å²) in [5.41, 5.74) is 15.1. The van der Waals surface area contributed by atoms with E-state index in [0.717, 1.165) is 47.1 Å². The van der Waals surface area contributed by atoms with Crippen molar-refractivity contribution in [1.29, 1.82) is 0 Å². The molecule has 412 valence electrons. The number of carbonyl (C=O) groups is 1. The molecule has 0 fully saturated rings. The summed E-state index contributed by atoms with van der Waals surface area (Å²) >= 11 is 1.24. The Bertz CT molecular complexity index is 3740. The Balaban J connectivity index is 1.14. The first kappa shape index (κ1) is 55.1. The second kappa shape index (κ2) is 25.7. The van der Waals surface area contributed by atoms with Crippen molar-refractivity contribution in [3.8, 4) is 22.3 Å². The van der Waals surface area contributed by atoms with Crippen LogP contribution >= 0.6 is 11.7 Å². The molecule has 2 aromatic heterocycles. The number of hydrogen-bond donors (Lipinski definition) is 1. The molecule has 0 aliphatic carbocycles. The number of carboxylic acids is 1. The molecule has 9 aromatic carbocycles. The first-order valence-electron chi connectivity index (χ1n) is 31.0. The van der Waals surface area contributed by atoms with Crippen LogP contribution in [0.15, 0.2) is 133 Å². The molecular weight excluding hydrogens is 997 g/mol. The second-order valence-corrected chi connectivity index (χ2v) is 23.8. The van der Waals surface area contributed by atoms with Crippen LogP contribution in [0.3, 0.4) is 0 Å². The Morgan fingerprint density at radius 1 is 0.487 bits per heavy atom. The zero-order chi connectivity index (χ0) is 55.0. The van der Waals surface area contributed by atoms with Crippen LogP contribution in [0.4, 0.5) is 17.1 Å². The van der Waals surface area contributed by atoms with Crippen LogP contribution in [0.1, 0.15) is 178 Å². The Morgan fingerprint density at radius 2 is 0.963 bits per heavy atom. The van der Waals surface area contributed by atoms with Gasteiger partial charge in [-0.2, -0.15) is 8.75 Å². The van der Waals surface area contributed by atoms with E-state index < -0.39 is 5.97 Å². The average Bonchev–Trinajstić information content (AvgIpc) is 4.30. The van der Waals surface area contributed by atoms with Crippen LogP contribution in [0.25, 0.3) is 87.4 Å². The molecule has 0 amide bonds.